The lowest BCUT2D eigenvalue weighted by atomic mass is 10.4. The summed E-state index contributed by atoms with van der Waals surface area (Å²) in [7, 11) is 0. The maximum Gasteiger partial charge on any atom is 0.360 e. The van der Waals surface area contributed by atoms with Crippen molar-refractivity contribution in [3.63, 3.8) is 0 Å². The van der Waals surface area contributed by atoms with E-state index in [2.05, 4.69) is 10.3 Å². The maximum absolute atomic E-state index is 11.2. The van der Waals surface area contributed by atoms with E-state index in [1.165, 1.54) is 12.8 Å². The molecule has 1 aromatic rings. The van der Waals surface area contributed by atoms with Gasteiger partial charge in [0, 0.05) is 6.54 Å². The molecule has 0 aliphatic heterocycles. The molecule has 1 fully saturated rings. The number of aromatic nitrogens is 3. The van der Waals surface area contributed by atoms with Crippen molar-refractivity contribution in [2.45, 2.75) is 26.3 Å². The van der Waals surface area contributed by atoms with Crippen molar-refractivity contribution in [2.75, 3.05) is 6.61 Å². The Morgan fingerprint density at radius 2 is 2.50 bits per heavy atom. The molecule has 0 aromatic carbocycles. The topological polar surface area (TPSA) is 57.0 Å². The van der Waals surface area contributed by atoms with Gasteiger partial charge in [-0.2, -0.15) is 0 Å². The maximum atomic E-state index is 11.2. The van der Waals surface area contributed by atoms with Gasteiger partial charge in [-0.25, -0.2) is 4.79 Å². The number of nitrogens with zero attached hydrogens (tertiary/aromatic N) is 3. The molecule has 76 valence electrons. The molecule has 0 atom stereocenters. The quantitative estimate of drug-likeness (QED) is 0.669. The van der Waals surface area contributed by atoms with E-state index in [0.717, 1.165) is 12.5 Å². The summed E-state index contributed by atoms with van der Waals surface area (Å²) in [4.78, 5) is 11.2. The van der Waals surface area contributed by atoms with Crippen LogP contribution in [0, 0.1) is 5.92 Å². The van der Waals surface area contributed by atoms with Crippen LogP contribution in [0.15, 0.2) is 6.20 Å². The van der Waals surface area contributed by atoms with Crippen LogP contribution in [0.25, 0.3) is 0 Å². The summed E-state index contributed by atoms with van der Waals surface area (Å²) in [5, 5.41) is 7.62. The summed E-state index contributed by atoms with van der Waals surface area (Å²) >= 11 is 0. The minimum absolute atomic E-state index is 0.299. The molecule has 0 radical (unpaired) electrons. The molecule has 1 aliphatic rings. The van der Waals surface area contributed by atoms with Crippen molar-refractivity contribution in [3.05, 3.63) is 11.9 Å². The molecular formula is C9H13N3O2. The Hall–Kier alpha value is -1.39. The van der Waals surface area contributed by atoms with Crippen LogP contribution in [-0.2, 0) is 11.3 Å². The lowest BCUT2D eigenvalue weighted by Crippen LogP contribution is -2.05. The highest BCUT2D eigenvalue weighted by Gasteiger charge is 2.23. The Labute approximate surface area is 82.1 Å². The Kier molecular flexibility index (Phi) is 2.47. The number of carbonyl (C=O) groups is 1. The van der Waals surface area contributed by atoms with Crippen LogP contribution < -0.4 is 0 Å². The van der Waals surface area contributed by atoms with Crippen LogP contribution in [0.3, 0.4) is 0 Å². The molecule has 0 spiro atoms. The third kappa shape index (κ3) is 2.10. The zero-order chi connectivity index (χ0) is 9.97. The molecule has 1 aromatic heterocycles. The van der Waals surface area contributed by atoms with E-state index in [4.69, 9.17) is 4.74 Å². The minimum Gasteiger partial charge on any atom is -0.461 e. The largest absolute Gasteiger partial charge is 0.461 e. The zero-order valence-electron chi connectivity index (χ0n) is 8.14. The number of esters is 1. The van der Waals surface area contributed by atoms with E-state index in [9.17, 15) is 4.79 Å². The summed E-state index contributed by atoms with van der Waals surface area (Å²) in [6.45, 7) is 3.01. The lowest BCUT2D eigenvalue weighted by Gasteiger charge is -1.96. The average Bonchev–Trinajstić information content (AvgIpc) is 2.82. The van der Waals surface area contributed by atoms with Crippen LogP contribution in [0.1, 0.15) is 30.3 Å². The van der Waals surface area contributed by atoms with Gasteiger partial charge in [-0.15, -0.1) is 5.10 Å². The fourth-order valence-corrected chi connectivity index (χ4v) is 1.25. The highest BCUT2D eigenvalue weighted by molar-refractivity contribution is 5.86. The molecule has 2 rings (SSSR count). The van der Waals surface area contributed by atoms with E-state index < -0.39 is 5.97 Å². The standard InChI is InChI=1S/C9H13N3O2/c1-2-14-9(13)8-6-12(11-10-8)5-7-3-4-7/h6-7H,2-5H2,1H3. The molecule has 1 saturated carbocycles. The third-order valence-electron chi connectivity index (χ3n) is 2.17. The lowest BCUT2D eigenvalue weighted by molar-refractivity contribution is 0.0519. The van der Waals surface area contributed by atoms with Gasteiger partial charge in [-0.1, -0.05) is 5.21 Å². The highest BCUT2D eigenvalue weighted by atomic mass is 16.5. The summed E-state index contributed by atoms with van der Waals surface area (Å²) in [6.07, 6.45) is 4.17. The van der Waals surface area contributed by atoms with Crippen LogP contribution in [0.2, 0.25) is 0 Å². The van der Waals surface area contributed by atoms with Crippen molar-refractivity contribution in [2.24, 2.45) is 5.92 Å². The van der Waals surface area contributed by atoms with Crippen LogP contribution >= 0.6 is 0 Å². The molecule has 0 N–H and O–H groups in total. The van der Waals surface area contributed by atoms with Gasteiger partial charge in [-0.05, 0) is 25.7 Å². The smallest absolute Gasteiger partial charge is 0.360 e. The number of carbonyl (C=O) groups excluding carboxylic acids is 1. The summed E-state index contributed by atoms with van der Waals surface area (Å²) in [5.41, 5.74) is 0.299. The fraction of sp³-hybridized carbons (Fsp3) is 0.667. The zero-order valence-corrected chi connectivity index (χ0v) is 8.14. The molecule has 0 saturated heterocycles. The predicted molar refractivity (Wildman–Crippen MR) is 48.7 cm³/mol. The van der Waals surface area contributed by atoms with Crippen LogP contribution in [0.5, 0.6) is 0 Å². The second-order valence-corrected chi connectivity index (χ2v) is 3.49. The molecule has 0 unspecified atom stereocenters. The minimum atomic E-state index is -0.394. The van der Waals surface area contributed by atoms with Gasteiger partial charge < -0.3 is 4.74 Å². The first-order valence-electron chi connectivity index (χ1n) is 4.87. The van der Waals surface area contributed by atoms with Gasteiger partial charge in [0.2, 0.25) is 0 Å². The van der Waals surface area contributed by atoms with E-state index in [0.29, 0.717) is 12.3 Å². The van der Waals surface area contributed by atoms with Crippen molar-refractivity contribution in [1.29, 1.82) is 0 Å². The summed E-state index contributed by atoms with van der Waals surface area (Å²) in [6, 6.07) is 0. The van der Waals surface area contributed by atoms with Gasteiger partial charge >= 0.3 is 5.97 Å². The Bertz CT molecular complexity index is 331. The Morgan fingerprint density at radius 1 is 1.71 bits per heavy atom. The fourth-order valence-electron chi connectivity index (χ4n) is 1.25. The molecule has 1 heterocycles. The summed E-state index contributed by atoms with van der Waals surface area (Å²) < 4.78 is 6.52. The van der Waals surface area contributed by atoms with Crippen molar-refractivity contribution in [3.8, 4) is 0 Å². The molecular weight excluding hydrogens is 182 g/mol. The molecule has 14 heavy (non-hydrogen) atoms. The second kappa shape index (κ2) is 3.77. The van der Waals surface area contributed by atoms with Gasteiger partial charge in [0.1, 0.15) is 0 Å². The van der Waals surface area contributed by atoms with Crippen molar-refractivity contribution < 1.29 is 9.53 Å². The Balaban J connectivity index is 1.97. The first-order chi connectivity index (χ1) is 6.79. The van der Waals surface area contributed by atoms with E-state index in [1.54, 1.807) is 17.8 Å². The van der Waals surface area contributed by atoms with Crippen LogP contribution in [-0.4, -0.2) is 27.6 Å². The predicted octanol–water partition coefficient (Wildman–Crippen LogP) is 0.865. The molecule has 5 heteroatoms. The van der Waals surface area contributed by atoms with E-state index in [1.807, 2.05) is 0 Å². The van der Waals surface area contributed by atoms with E-state index in [-0.39, 0.29) is 0 Å². The Morgan fingerprint density at radius 3 is 3.14 bits per heavy atom. The van der Waals surface area contributed by atoms with Crippen molar-refractivity contribution in [1.82, 2.24) is 15.0 Å². The van der Waals surface area contributed by atoms with Gasteiger partial charge in [0.25, 0.3) is 0 Å². The molecule has 1 aliphatic carbocycles. The van der Waals surface area contributed by atoms with Crippen molar-refractivity contribution >= 4 is 5.97 Å². The van der Waals surface area contributed by atoms with E-state index >= 15 is 0 Å². The van der Waals surface area contributed by atoms with Gasteiger partial charge in [0.15, 0.2) is 5.69 Å². The van der Waals surface area contributed by atoms with Gasteiger partial charge in [-0.3, -0.25) is 4.68 Å². The summed E-state index contributed by atoms with van der Waals surface area (Å²) in [5.74, 6) is 0.335. The third-order valence-corrected chi connectivity index (χ3v) is 2.17. The molecule has 0 amide bonds. The first-order valence-corrected chi connectivity index (χ1v) is 4.87. The highest BCUT2D eigenvalue weighted by Crippen LogP contribution is 2.30. The SMILES string of the molecule is CCOC(=O)c1cn(CC2CC2)nn1. The molecule has 0 bridgehead atoms. The monoisotopic (exact) mass is 195 g/mol. The number of hydrogen-bond acceptors (Lipinski definition) is 4. The average molecular weight is 195 g/mol. The first kappa shape index (κ1) is 9.18. The number of ether oxygens (including phenoxy) is 1. The normalized spacial score (nSPS) is 15.5. The molecule has 5 nitrogen and oxygen atoms in total. The second-order valence-electron chi connectivity index (χ2n) is 3.49. The van der Waals surface area contributed by atoms with Gasteiger partial charge in [0.05, 0.1) is 12.8 Å². The number of rotatable bonds is 4. The number of hydrogen-bond donors (Lipinski definition) is 0. The van der Waals surface area contributed by atoms with Crippen LogP contribution in [0.4, 0.5) is 0 Å².